The molecule has 0 spiro atoms. The third-order valence-corrected chi connectivity index (χ3v) is 4.04. The Morgan fingerprint density at radius 2 is 1.89 bits per heavy atom. The van der Waals surface area contributed by atoms with Gasteiger partial charge in [-0.3, -0.25) is 0 Å². The Bertz CT molecular complexity index is 544. The molecule has 1 atom stereocenters. The molecule has 0 saturated heterocycles. The van der Waals surface area contributed by atoms with Crippen molar-refractivity contribution in [2.24, 2.45) is 11.7 Å². The minimum absolute atomic E-state index is 0.142. The summed E-state index contributed by atoms with van der Waals surface area (Å²) < 4.78 is 26.4. The fourth-order valence-electron chi connectivity index (χ4n) is 1.70. The average molecular weight is 281 g/mol. The van der Waals surface area contributed by atoms with Crippen LogP contribution in [-0.4, -0.2) is 21.0 Å². The first kappa shape index (κ1) is 15.6. The first-order valence-corrected chi connectivity index (χ1v) is 7.59. The van der Waals surface area contributed by atoms with Gasteiger partial charge in [-0.05, 0) is 36.6 Å². The van der Waals surface area contributed by atoms with Gasteiger partial charge in [0.25, 0.3) is 0 Å². The molecular formula is C13H19N3O2S. The average Bonchev–Trinajstić information content (AvgIpc) is 2.36. The topological polar surface area (TPSA) is 96.0 Å². The lowest BCUT2D eigenvalue weighted by atomic mass is 10.1. The van der Waals surface area contributed by atoms with Gasteiger partial charge in [0, 0.05) is 12.6 Å². The second-order valence-electron chi connectivity index (χ2n) is 4.88. The minimum atomic E-state index is -3.56. The van der Waals surface area contributed by atoms with Gasteiger partial charge in [0.1, 0.15) is 0 Å². The van der Waals surface area contributed by atoms with E-state index < -0.39 is 10.0 Å². The Morgan fingerprint density at radius 1 is 1.32 bits per heavy atom. The van der Waals surface area contributed by atoms with E-state index in [0.717, 1.165) is 6.42 Å². The molecule has 0 aliphatic rings. The zero-order valence-electron chi connectivity index (χ0n) is 11.1. The first-order valence-electron chi connectivity index (χ1n) is 6.10. The number of rotatable bonds is 6. The number of nitrogens with two attached hydrogens (primary N) is 1. The number of hydrogen-bond donors (Lipinski definition) is 2. The number of sulfonamides is 1. The highest BCUT2D eigenvalue weighted by atomic mass is 32.2. The van der Waals surface area contributed by atoms with Crippen molar-refractivity contribution in [3.63, 3.8) is 0 Å². The quantitative estimate of drug-likeness (QED) is 0.819. The third-order valence-electron chi connectivity index (χ3n) is 2.60. The predicted octanol–water partition coefficient (Wildman–Crippen LogP) is 1.21. The molecule has 1 aromatic carbocycles. The van der Waals surface area contributed by atoms with Gasteiger partial charge in [-0.1, -0.05) is 13.8 Å². The summed E-state index contributed by atoms with van der Waals surface area (Å²) in [6, 6.07) is 7.51. The van der Waals surface area contributed by atoms with Crippen molar-refractivity contribution in [2.45, 2.75) is 31.2 Å². The van der Waals surface area contributed by atoms with E-state index in [1.807, 2.05) is 19.9 Å². The van der Waals surface area contributed by atoms with Gasteiger partial charge < -0.3 is 5.73 Å². The van der Waals surface area contributed by atoms with Crippen molar-refractivity contribution in [3.8, 4) is 6.07 Å². The largest absolute Gasteiger partial charge is 0.327 e. The van der Waals surface area contributed by atoms with E-state index in [1.165, 1.54) is 24.3 Å². The van der Waals surface area contributed by atoms with E-state index in [2.05, 4.69) is 4.72 Å². The highest BCUT2D eigenvalue weighted by molar-refractivity contribution is 7.89. The van der Waals surface area contributed by atoms with E-state index in [9.17, 15) is 8.42 Å². The van der Waals surface area contributed by atoms with Gasteiger partial charge in [0.15, 0.2) is 0 Å². The molecule has 6 heteroatoms. The zero-order chi connectivity index (χ0) is 14.5. The summed E-state index contributed by atoms with van der Waals surface area (Å²) in [7, 11) is -3.56. The summed E-state index contributed by atoms with van der Waals surface area (Å²) in [6.45, 7) is 4.28. The van der Waals surface area contributed by atoms with Gasteiger partial charge >= 0.3 is 0 Å². The van der Waals surface area contributed by atoms with E-state index in [1.54, 1.807) is 0 Å². The van der Waals surface area contributed by atoms with Crippen LogP contribution in [-0.2, 0) is 10.0 Å². The Morgan fingerprint density at radius 3 is 2.37 bits per heavy atom. The lowest BCUT2D eigenvalue weighted by Gasteiger charge is -2.15. The SMILES string of the molecule is CC(C)CC(N)CNS(=O)(=O)c1ccc(C#N)cc1. The molecule has 1 rings (SSSR count). The molecular weight excluding hydrogens is 262 g/mol. The monoisotopic (exact) mass is 281 g/mol. The van der Waals surface area contributed by atoms with Crippen LogP contribution in [0.25, 0.3) is 0 Å². The Hall–Kier alpha value is -1.42. The Labute approximate surface area is 114 Å². The predicted molar refractivity (Wildman–Crippen MR) is 73.8 cm³/mol. The molecule has 0 aliphatic carbocycles. The summed E-state index contributed by atoms with van der Waals surface area (Å²) in [5.41, 5.74) is 6.26. The van der Waals surface area contributed by atoms with Crippen molar-refractivity contribution in [1.29, 1.82) is 5.26 Å². The molecule has 0 radical (unpaired) electrons. The van der Waals surface area contributed by atoms with Crippen LogP contribution >= 0.6 is 0 Å². The molecule has 1 aromatic rings. The van der Waals surface area contributed by atoms with Crippen LogP contribution in [0.4, 0.5) is 0 Å². The summed E-state index contributed by atoms with van der Waals surface area (Å²) in [5, 5.41) is 8.66. The van der Waals surface area contributed by atoms with Gasteiger partial charge in [-0.15, -0.1) is 0 Å². The van der Waals surface area contributed by atoms with E-state index in [-0.39, 0.29) is 17.5 Å². The normalized spacial score (nSPS) is 13.2. The molecule has 0 saturated carbocycles. The Balaban J connectivity index is 2.68. The standard InChI is InChI=1S/C13H19N3O2S/c1-10(2)7-12(15)9-16-19(17,18)13-5-3-11(8-14)4-6-13/h3-6,10,12,16H,7,9,15H2,1-2H3. The van der Waals surface area contributed by atoms with E-state index >= 15 is 0 Å². The first-order chi connectivity index (χ1) is 8.85. The van der Waals surface area contributed by atoms with Gasteiger partial charge in [-0.25, -0.2) is 13.1 Å². The summed E-state index contributed by atoms with van der Waals surface area (Å²) in [6.07, 6.45) is 0.760. The highest BCUT2D eigenvalue weighted by Crippen LogP contribution is 2.10. The molecule has 0 heterocycles. The Kier molecular flexibility index (Phi) is 5.48. The maximum atomic E-state index is 12.0. The van der Waals surface area contributed by atoms with Crippen LogP contribution in [0.3, 0.4) is 0 Å². The van der Waals surface area contributed by atoms with Gasteiger partial charge in [0.2, 0.25) is 10.0 Å². The summed E-state index contributed by atoms with van der Waals surface area (Å²) in [5.74, 6) is 0.425. The molecule has 0 amide bonds. The van der Waals surface area contributed by atoms with Crippen LogP contribution in [0.15, 0.2) is 29.2 Å². The van der Waals surface area contributed by atoms with Crippen LogP contribution in [0.5, 0.6) is 0 Å². The van der Waals surface area contributed by atoms with Crippen LogP contribution in [0.2, 0.25) is 0 Å². The third kappa shape index (κ3) is 4.99. The molecule has 0 bridgehead atoms. The smallest absolute Gasteiger partial charge is 0.240 e. The number of hydrogen-bond acceptors (Lipinski definition) is 4. The fourth-order valence-corrected chi connectivity index (χ4v) is 2.79. The van der Waals surface area contributed by atoms with E-state index in [0.29, 0.717) is 11.5 Å². The van der Waals surface area contributed by atoms with Crippen molar-refractivity contribution >= 4 is 10.0 Å². The van der Waals surface area contributed by atoms with Crippen LogP contribution in [0.1, 0.15) is 25.8 Å². The molecule has 0 fully saturated rings. The van der Waals surface area contributed by atoms with Crippen LogP contribution < -0.4 is 10.5 Å². The molecule has 5 nitrogen and oxygen atoms in total. The summed E-state index contributed by atoms with van der Waals surface area (Å²) >= 11 is 0. The summed E-state index contributed by atoms with van der Waals surface area (Å²) in [4.78, 5) is 0.142. The van der Waals surface area contributed by atoms with Crippen molar-refractivity contribution in [3.05, 3.63) is 29.8 Å². The second kappa shape index (κ2) is 6.66. The highest BCUT2D eigenvalue weighted by Gasteiger charge is 2.15. The van der Waals surface area contributed by atoms with Crippen molar-refractivity contribution < 1.29 is 8.42 Å². The second-order valence-corrected chi connectivity index (χ2v) is 6.64. The molecule has 19 heavy (non-hydrogen) atoms. The van der Waals surface area contributed by atoms with E-state index in [4.69, 9.17) is 11.0 Å². The van der Waals surface area contributed by atoms with Crippen molar-refractivity contribution in [1.82, 2.24) is 4.72 Å². The van der Waals surface area contributed by atoms with Gasteiger partial charge in [0.05, 0.1) is 16.5 Å². The molecule has 104 valence electrons. The number of benzene rings is 1. The zero-order valence-corrected chi connectivity index (χ0v) is 11.9. The van der Waals surface area contributed by atoms with Crippen molar-refractivity contribution in [2.75, 3.05) is 6.54 Å². The van der Waals surface area contributed by atoms with Gasteiger partial charge in [-0.2, -0.15) is 5.26 Å². The lowest BCUT2D eigenvalue weighted by Crippen LogP contribution is -2.37. The molecule has 3 N–H and O–H groups in total. The molecule has 0 aromatic heterocycles. The minimum Gasteiger partial charge on any atom is -0.327 e. The molecule has 0 aliphatic heterocycles. The maximum Gasteiger partial charge on any atom is 0.240 e. The number of nitrogens with zero attached hydrogens (tertiary/aromatic N) is 1. The maximum absolute atomic E-state index is 12.0. The molecule has 1 unspecified atom stereocenters. The number of nitrogens with one attached hydrogen (secondary N) is 1. The van der Waals surface area contributed by atoms with Crippen LogP contribution in [0, 0.1) is 17.2 Å². The fraction of sp³-hybridized carbons (Fsp3) is 0.462. The number of nitriles is 1. The lowest BCUT2D eigenvalue weighted by molar-refractivity contribution is 0.486.